The highest BCUT2D eigenvalue weighted by Crippen LogP contribution is 1.88. The summed E-state index contributed by atoms with van der Waals surface area (Å²) in [6.07, 6.45) is 9.08. The van der Waals surface area contributed by atoms with Crippen LogP contribution in [0.15, 0.2) is 24.3 Å². The second-order valence-electron chi connectivity index (χ2n) is 3.63. The molecule has 2 N–H and O–H groups in total. The Hall–Kier alpha value is -0.680. The van der Waals surface area contributed by atoms with Crippen LogP contribution >= 0.6 is 0 Å². The van der Waals surface area contributed by atoms with Gasteiger partial charge in [0, 0.05) is 19.6 Å². The van der Waals surface area contributed by atoms with Gasteiger partial charge in [0.1, 0.15) is 0 Å². The van der Waals surface area contributed by atoms with Crippen molar-refractivity contribution in [3.8, 4) is 0 Å². The highest BCUT2D eigenvalue weighted by molar-refractivity contribution is 5.01. The van der Waals surface area contributed by atoms with Gasteiger partial charge in [-0.25, -0.2) is 0 Å². The molecule has 0 heterocycles. The molecule has 100 valence electrons. The third kappa shape index (κ3) is 11.6. The number of hydrogen-bond acceptors (Lipinski definition) is 4. The summed E-state index contributed by atoms with van der Waals surface area (Å²) in [7, 11) is 0. The van der Waals surface area contributed by atoms with Crippen molar-refractivity contribution in [3.63, 3.8) is 0 Å². The van der Waals surface area contributed by atoms with Crippen LogP contribution in [0.5, 0.6) is 0 Å². The summed E-state index contributed by atoms with van der Waals surface area (Å²) in [4.78, 5) is 1.97. The topological polar surface area (TPSA) is 52.9 Å². The van der Waals surface area contributed by atoms with E-state index in [1.165, 1.54) is 0 Å². The summed E-state index contributed by atoms with van der Waals surface area (Å²) >= 11 is 0. The molecule has 0 aromatic heterocycles. The van der Waals surface area contributed by atoms with Crippen LogP contribution < -0.4 is 0 Å². The first-order valence-corrected chi connectivity index (χ1v) is 6.18. The van der Waals surface area contributed by atoms with Crippen molar-refractivity contribution in [1.82, 2.24) is 4.90 Å². The molecule has 4 nitrogen and oxygen atoms in total. The predicted molar refractivity (Wildman–Crippen MR) is 70.0 cm³/mol. The van der Waals surface area contributed by atoms with Crippen molar-refractivity contribution in [3.05, 3.63) is 24.3 Å². The molecule has 0 spiro atoms. The summed E-state index contributed by atoms with van der Waals surface area (Å²) in [5, 5.41) is 17.6. The average Bonchev–Trinajstić information content (AvgIpc) is 2.33. The van der Waals surface area contributed by atoms with E-state index < -0.39 is 0 Å². The van der Waals surface area contributed by atoms with E-state index in [2.05, 4.69) is 13.0 Å². The monoisotopic (exact) mass is 243 g/mol. The molecule has 0 amide bonds. The Kier molecular flexibility index (Phi) is 12.8. The molecular formula is C13H25NO3. The molecule has 0 aromatic rings. The molecule has 0 saturated heterocycles. The summed E-state index contributed by atoms with van der Waals surface area (Å²) in [6.45, 7) is 5.43. The maximum Gasteiger partial charge on any atom is 0.0651 e. The summed E-state index contributed by atoms with van der Waals surface area (Å²) < 4.78 is 5.41. The van der Waals surface area contributed by atoms with Gasteiger partial charge in [-0.2, -0.15) is 0 Å². The molecule has 0 bridgehead atoms. The molecule has 0 atom stereocenters. The molecular weight excluding hydrogens is 218 g/mol. The van der Waals surface area contributed by atoms with E-state index >= 15 is 0 Å². The lowest BCUT2D eigenvalue weighted by molar-refractivity contribution is 0.101. The lowest BCUT2D eigenvalue weighted by Gasteiger charge is -2.19. The van der Waals surface area contributed by atoms with Gasteiger partial charge in [-0.3, -0.25) is 4.90 Å². The first-order chi connectivity index (χ1) is 8.35. The van der Waals surface area contributed by atoms with Crippen LogP contribution in [0, 0.1) is 0 Å². The molecule has 0 saturated carbocycles. The second-order valence-corrected chi connectivity index (χ2v) is 3.63. The molecule has 0 unspecified atom stereocenters. The minimum absolute atomic E-state index is 0.113. The number of rotatable bonds is 11. The van der Waals surface area contributed by atoms with Gasteiger partial charge >= 0.3 is 0 Å². The SMILES string of the molecule is CC/C=C\C=C/COCCN(CCO)CCO. The van der Waals surface area contributed by atoms with Crippen LogP contribution in [0.2, 0.25) is 0 Å². The van der Waals surface area contributed by atoms with Crippen LogP contribution in [-0.2, 0) is 4.74 Å². The number of aliphatic hydroxyl groups is 2. The molecule has 0 fully saturated rings. The van der Waals surface area contributed by atoms with Crippen molar-refractivity contribution in [1.29, 1.82) is 0 Å². The van der Waals surface area contributed by atoms with Gasteiger partial charge in [0.15, 0.2) is 0 Å². The fourth-order valence-corrected chi connectivity index (χ4v) is 1.31. The van der Waals surface area contributed by atoms with Crippen LogP contribution in [0.4, 0.5) is 0 Å². The molecule has 0 aliphatic carbocycles. The Morgan fingerprint density at radius 2 is 1.65 bits per heavy atom. The van der Waals surface area contributed by atoms with Crippen LogP contribution in [0.3, 0.4) is 0 Å². The Bertz CT molecular complexity index is 199. The van der Waals surface area contributed by atoms with Crippen molar-refractivity contribution in [2.24, 2.45) is 0 Å². The van der Waals surface area contributed by atoms with Gasteiger partial charge in [0.05, 0.1) is 26.4 Å². The second kappa shape index (κ2) is 13.4. The van der Waals surface area contributed by atoms with Crippen LogP contribution in [0.25, 0.3) is 0 Å². The number of hydrogen-bond donors (Lipinski definition) is 2. The zero-order valence-corrected chi connectivity index (χ0v) is 10.7. The van der Waals surface area contributed by atoms with Gasteiger partial charge in [0.25, 0.3) is 0 Å². The van der Waals surface area contributed by atoms with Crippen LogP contribution in [0.1, 0.15) is 13.3 Å². The van der Waals surface area contributed by atoms with Crippen molar-refractivity contribution >= 4 is 0 Å². The van der Waals surface area contributed by atoms with E-state index in [0.29, 0.717) is 26.3 Å². The minimum atomic E-state index is 0.113. The Labute approximate surface area is 104 Å². The largest absolute Gasteiger partial charge is 0.395 e. The molecule has 0 rings (SSSR count). The van der Waals surface area contributed by atoms with E-state index in [9.17, 15) is 0 Å². The average molecular weight is 243 g/mol. The van der Waals surface area contributed by atoms with E-state index in [1.54, 1.807) is 0 Å². The van der Waals surface area contributed by atoms with Crippen LogP contribution in [-0.4, -0.2) is 61.2 Å². The highest BCUT2D eigenvalue weighted by atomic mass is 16.5. The Balaban J connectivity index is 3.47. The smallest absolute Gasteiger partial charge is 0.0651 e. The van der Waals surface area contributed by atoms with E-state index in [4.69, 9.17) is 14.9 Å². The highest BCUT2D eigenvalue weighted by Gasteiger charge is 2.01. The zero-order chi connectivity index (χ0) is 12.8. The van der Waals surface area contributed by atoms with Gasteiger partial charge in [-0.1, -0.05) is 31.2 Å². The summed E-state index contributed by atoms with van der Waals surface area (Å²) in [6, 6.07) is 0. The standard InChI is InChI=1S/C13H25NO3/c1-2-3-4-5-6-12-17-13-9-14(7-10-15)8-11-16/h3-6,15-16H,2,7-13H2,1H3/b4-3-,6-5-. The summed E-state index contributed by atoms with van der Waals surface area (Å²) in [5.41, 5.74) is 0. The number of ether oxygens (including phenoxy) is 1. The molecule has 0 aliphatic rings. The lowest BCUT2D eigenvalue weighted by Crippen LogP contribution is -2.32. The minimum Gasteiger partial charge on any atom is -0.395 e. The molecule has 0 aliphatic heterocycles. The quantitative estimate of drug-likeness (QED) is 0.416. The number of nitrogens with zero attached hydrogens (tertiary/aromatic N) is 1. The number of allylic oxidation sites excluding steroid dienone is 3. The fraction of sp³-hybridized carbons (Fsp3) is 0.692. The van der Waals surface area contributed by atoms with Crippen molar-refractivity contribution in [2.75, 3.05) is 46.1 Å². The third-order valence-corrected chi connectivity index (χ3v) is 2.22. The van der Waals surface area contributed by atoms with Gasteiger partial charge < -0.3 is 14.9 Å². The van der Waals surface area contributed by atoms with Crippen molar-refractivity contribution < 1.29 is 14.9 Å². The van der Waals surface area contributed by atoms with E-state index in [0.717, 1.165) is 13.0 Å². The van der Waals surface area contributed by atoms with Gasteiger partial charge in [-0.15, -0.1) is 0 Å². The maximum atomic E-state index is 8.80. The first kappa shape index (κ1) is 16.3. The maximum absolute atomic E-state index is 8.80. The Morgan fingerprint density at radius 1 is 1.00 bits per heavy atom. The Morgan fingerprint density at radius 3 is 2.24 bits per heavy atom. The fourth-order valence-electron chi connectivity index (χ4n) is 1.31. The third-order valence-electron chi connectivity index (χ3n) is 2.22. The lowest BCUT2D eigenvalue weighted by atomic mass is 10.4. The predicted octanol–water partition coefficient (Wildman–Crippen LogP) is 0.812. The molecule has 0 aromatic carbocycles. The molecule has 17 heavy (non-hydrogen) atoms. The summed E-state index contributed by atoms with van der Waals surface area (Å²) in [5.74, 6) is 0. The first-order valence-electron chi connectivity index (χ1n) is 6.18. The molecule has 0 radical (unpaired) electrons. The molecule has 4 heteroatoms. The van der Waals surface area contributed by atoms with Gasteiger partial charge in [-0.05, 0) is 6.42 Å². The van der Waals surface area contributed by atoms with E-state index in [-0.39, 0.29) is 13.2 Å². The van der Waals surface area contributed by atoms with E-state index in [1.807, 2.05) is 23.1 Å². The normalized spacial score (nSPS) is 12.2. The van der Waals surface area contributed by atoms with Crippen molar-refractivity contribution in [2.45, 2.75) is 13.3 Å². The number of aliphatic hydroxyl groups excluding tert-OH is 2. The zero-order valence-electron chi connectivity index (χ0n) is 10.7. The van der Waals surface area contributed by atoms with Gasteiger partial charge in [0.2, 0.25) is 0 Å².